The van der Waals surface area contributed by atoms with E-state index < -0.39 is 0 Å². The summed E-state index contributed by atoms with van der Waals surface area (Å²) in [5.74, 6) is -0.209. The van der Waals surface area contributed by atoms with Crippen molar-refractivity contribution in [3.05, 3.63) is 22.2 Å². The zero-order valence-electron chi connectivity index (χ0n) is 5.28. The highest BCUT2D eigenvalue weighted by atomic mass is 79.9. The molecule has 0 bridgehead atoms. The third-order valence-electron chi connectivity index (χ3n) is 1.42. The van der Waals surface area contributed by atoms with Crippen LogP contribution in [-0.2, 0) is 7.05 Å². The molecule has 1 aromatic rings. The quantitative estimate of drug-likeness (QED) is 0.593. The van der Waals surface area contributed by atoms with Crippen LogP contribution in [0.5, 0.6) is 0 Å². The molecule has 0 unspecified atom stereocenters. The van der Waals surface area contributed by atoms with Gasteiger partial charge in [-0.05, 0) is 22.9 Å². The maximum Gasteiger partial charge on any atom is 0.194 e. The van der Waals surface area contributed by atoms with Crippen LogP contribution < -0.4 is 0 Å². The Morgan fingerprint density at radius 3 is 2.33 bits per heavy atom. The van der Waals surface area contributed by atoms with E-state index in [1.807, 2.05) is 6.92 Å². The molecule has 0 aliphatic heterocycles. The van der Waals surface area contributed by atoms with Crippen molar-refractivity contribution < 1.29 is 4.39 Å². The molecule has 50 valence electrons. The molecule has 0 aromatic carbocycles. The average Bonchev–Trinajstić information content (AvgIpc) is 1.98. The highest BCUT2D eigenvalue weighted by molar-refractivity contribution is 9.10. The van der Waals surface area contributed by atoms with E-state index >= 15 is 0 Å². The third kappa shape index (κ3) is 1.01. The molecule has 1 rings (SSSR count). The Balaban J connectivity index is 3.29. The Morgan fingerprint density at radius 1 is 1.67 bits per heavy atom. The maximum atomic E-state index is 12.5. The van der Waals surface area contributed by atoms with Gasteiger partial charge in [-0.15, -0.1) is 0 Å². The molecule has 0 amide bonds. The van der Waals surface area contributed by atoms with Crippen LogP contribution >= 0.6 is 15.9 Å². The van der Waals surface area contributed by atoms with Crippen molar-refractivity contribution in [1.82, 2.24) is 4.57 Å². The van der Waals surface area contributed by atoms with Gasteiger partial charge in [0.15, 0.2) is 5.95 Å². The summed E-state index contributed by atoms with van der Waals surface area (Å²) in [6.07, 6.45) is 0. The summed E-state index contributed by atoms with van der Waals surface area (Å²) >= 11 is 3.21. The van der Waals surface area contributed by atoms with Crippen molar-refractivity contribution in [2.75, 3.05) is 0 Å². The largest absolute Gasteiger partial charge is 0.324 e. The summed E-state index contributed by atoms with van der Waals surface area (Å²) in [7, 11) is 1.69. The molecule has 0 atom stereocenters. The summed E-state index contributed by atoms with van der Waals surface area (Å²) in [5, 5.41) is 0. The Kier molecular flexibility index (Phi) is 1.62. The van der Waals surface area contributed by atoms with E-state index in [2.05, 4.69) is 15.9 Å². The van der Waals surface area contributed by atoms with Crippen LogP contribution in [0.4, 0.5) is 4.39 Å². The van der Waals surface area contributed by atoms with Gasteiger partial charge >= 0.3 is 0 Å². The predicted molar refractivity (Wildman–Crippen MR) is 37.8 cm³/mol. The van der Waals surface area contributed by atoms with Crippen LogP contribution in [0.25, 0.3) is 0 Å². The molecule has 0 radical (unpaired) electrons. The molecular weight excluding hydrogens is 185 g/mol. The second-order valence-electron chi connectivity index (χ2n) is 1.96. The van der Waals surface area contributed by atoms with Crippen molar-refractivity contribution >= 4 is 15.9 Å². The lowest BCUT2D eigenvalue weighted by atomic mass is 10.5. The van der Waals surface area contributed by atoms with Crippen LogP contribution in [0.15, 0.2) is 10.5 Å². The average molecular weight is 192 g/mol. The van der Waals surface area contributed by atoms with Gasteiger partial charge in [0.1, 0.15) is 0 Å². The van der Waals surface area contributed by atoms with Crippen LogP contribution in [0, 0.1) is 12.9 Å². The Labute approximate surface area is 61.6 Å². The summed E-state index contributed by atoms with van der Waals surface area (Å²) in [6, 6.07) is 1.45. The molecule has 0 aliphatic rings. The van der Waals surface area contributed by atoms with Crippen molar-refractivity contribution in [3.63, 3.8) is 0 Å². The first kappa shape index (κ1) is 6.81. The third-order valence-corrected chi connectivity index (χ3v) is 2.22. The van der Waals surface area contributed by atoms with Gasteiger partial charge < -0.3 is 4.57 Å². The topological polar surface area (TPSA) is 4.93 Å². The van der Waals surface area contributed by atoms with Crippen molar-refractivity contribution in [2.24, 2.45) is 7.05 Å². The molecule has 0 spiro atoms. The van der Waals surface area contributed by atoms with E-state index in [-0.39, 0.29) is 5.95 Å². The van der Waals surface area contributed by atoms with Crippen LogP contribution in [0.1, 0.15) is 5.69 Å². The predicted octanol–water partition coefficient (Wildman–Crippen LogP) is 2.24. The normalized spacial score (nSPS) is 10.2. The zero-order chi connectivity index (χ0) is 7.02. The lowest BCUT2D eigenvalue weighted by Crippen LogP contribution is -1.92. The van der Waals surface area contributed by atoms with E-state index in [0.717, 1.165) is 10.2 Å². The van der Waals surface area contributed by atoms with Crippen LogP contribution in [0.2, 0.25) is 0 Å². The molecule has 1 aromatic heterocycles. The summed E-state index contributed by atoms with van der Waals surface area (Å²) in [5.41, 5.74) is 0.910. The highest BCUT2D eigenvalue weighted by Gasteiger charge is 2.03. The molecule has 0 aliphatic carbocycles. The number of hydrogen-bond donors (Lipinski definition) is 0. The van der Waals surface area contributed by atoms with Gasteiger partial charge in [-0.1, -0.05) is 0 Å². The number of rotatable bonds is 0. The second-order valence-corrected chi connectivity index (χ2v) is 2.81. The Hall–Kier alpha value is -0.310. The minimum absolute atomic E-state index is 0.209. The second kappa shape index (κ2) is 2.14. The van der Waals surface area contributed by atoms with E-state index in [1.54, 1.807) is 7.05 Å². The zero-order valence-corrected chi connectivity index (χ0v) is 6.87. The molecule has 1 heterocycles. The monoisotopic (exact) mass is 191 g/mol. The molecule has 0 fully saturated rings. The van der Waals surface area contributed by atoms with Gasteiger partial charge in [-0.2, -0.15) is 4.39 Å². The van der Waals surface area contributed by atoms with Gasteiger partial charge in [0.2, 0.25) is 0 Å². The number of hydrogen-bond acceptors (Lipinski definition) is 0. The van der Waals surface area contributed by atoms with E-state index in [0.29, 0.717) is 0 Å². The summed E-state index contributed by atoms with van der Waals surface area (Å²) < 4.78 is 14.8. The van der Waals surface area contributed by atoms with Gasteiger partial charge in [-0.25, -0.2) is 0 Å². The number of halogens is 2. The first-order chi connectivity index (χ1) is 4.13. The fourth-order valence-corrected chi connectivity index (χ4v) is 1.08. The molecular formula is C6H7BrFN. The molecule has 1 nitrogen and oxygen atoms in total. The van der Waals surface area contributed by atoms with Crippen LogP contribution in [0.3, 0.4) is 0 Å². The van der Waals surface area contributed by atoms with Gasteiger partial charge in [0.25, 0.3) is 0 Å². The van der Waals surface area contributed by atoms with E-state index in [9.17, 15) is 4.39 Å². The van der Waals surface area contributed by atoms with Crippen molar-refractivity contribution in [2.45, 2.75) is 6.92 Å². The summed E-state index contributed by atoms with van der Waals surface area (Å²) in [4.78, 5) is 0. The van der Waals surface area contributed by atoms with Gasteiger partial charge in [0, 0.05) is 23.3 Å². The highest BCUT2D eigenvalue weighted by Crippen LogP contribution is 2.18. The van der Waals surface area contributed by atoms with E-state index in [1.165, 1.54) is 10.6 Å². The summed E-state index contributed by atoms with van der Waals surface area (Å²) in [6.45, 7) is 1.85. The fraction of sp³-hybridized carbons (Fsp3) is 0.333. The number of nitrogens with zero attached hydrogens (tertiary/aromatic N) is 1. The van der Waals surface area contributed by atoms with Crippen molar-refractivity contribution in [3.8, 4) is 0 Å². The minimum Gasteiger partial charge on any atom is -0.324 e. The maximum absolute atomic E-state index is 12.5. The minimum atomic E-state index is -0.209. The van der Waals surface area contributed by atoms with Gasteiger partial charge in [-0.3, -0.25) is 0 Å². The Morgan fingerprint density at radius 2 is 2.22 bits per heavy atom. The first-order valence-corrected chi connectivity index (χ1v) is 3.39. The molecule has 0 N–H and O–H groups in total. The van der Waals surface area contributed by atoms with Crippen LogP contribution in [-0.4, -0.2) is 4.57 Å². The standard InChI is InChI=1S/C6H7BrFN/c1-4-5(7)3-6(8)9(4)2/h3H,1-2H3. The molecule has 0 saturated carbocycles. The lowest BCUT2D eigenvalue weighted by molar-refractivity contribution is 0.530. The van der Waals surface area contributed by atoms with Crippen molar-refractivity contribution in [1.29, 1.82) is 0 Å². The number of aromatic nitrogens is 1. The Bertz CT molecular complexity index is 207. The molecule has 3 heteroatoms. The smallest absolute Gasteiger partial charge is 0.194 e. The SMILES string of the molecule is Cc1c(Br)cc(F)n1C. The first-order valence-electron chi connectivity index (χ1n) is 2.60. The van der Waals surface area contributed by atoms with Gasteiger partial charge in [0.05, 0.1) is 0 Å². The van der Waals surface area contributed by atoms with E-state index in [4.69, 9.17) is 0 Å². The fourth-order valence-electron chi connectivity index (χ4n) is 0.626. The lowest BCUT2D eigenvalue weighted by Gasteiger charge is -1.94. The molecule has 9 heavy (non-hydrogen) atoms. The molecule has 0 saturated heterocycles.